The number of tetrazole rings is 1. The van der Waals surface area contributed by atoms with Gasteiger partial charge in [0.2, 0.25) is 11.1 Å². The molecule has 0 bridgehead atoms. The number of benzene rings is 2. The highest BCUT2D eigenvalue weighted by Crippen LogP contribution is 2.32. The SMILES string of the molecule is Cc1cccc(-n2nnnc2SCC(=O)Nc2cc(Cl)c(Cl)cc2Cl)c1. The lowest BCUT2D eigenvalue weighted by molar-refractivity contribution is -0.113. The zero-order valence-electron chi connectivity index (χ0n) is 13.4. The third-order valence-electron chi connectivity index (χ3n) is 3.30. The molecule has 26 heavy (non-hydrogen) atoms. The molecule has 1 N–H and O–H groups in total. The second-order valence-electron chi connectivity index (χ2n) is 5.30. The Labute approximate surface area is 168 Å². The van der Waals surface area contributed by atoms with Gasteiger partial charge in [0.1, 0.15) is 0 Å². The van der Waals surface area contributed by atoms with Crippen LogP contribution in [0.5, 0.6) is 0 Å². The molecule has 1 aromatic heterocycles. The van der Waals surface area contributed by atoms with Crippen molar-refractivity contribution in [3.8, 4) is 5.69 Å². The van der Waals surface area contributed by atoms with Gasteiger partial charge >= 0.3 is 0 Å². The number of hydrogen-bond donors (Lipinski definition) is 1. The molecule has 0 radical (unpaired) electrons. The van der Waals surface area contributed by atoms with Gasteiger partial charge in [-0.1, -0.05) is 58.7 Å². The first-order valence-electron chi connectivity index (χ1n) is 7.36. The molecule has 0 saturated heterocycles. The third kappa shape index (κ3) is 4.48. The molecular formula is C16H12Cl3N5OS. The van der Waals surface area contributed by atoms with E-state index in [1.807, 2.05) is 31.2 Å². The molecule has 3 aromatic rings. The lowest BCUT2D eigenvalue weighted by Crippen LogP contribution is -2.15. The highest BCUT2D eigenvalue weighted by Gasteiger charge is 2.13. The van der Waals surface area contributed by atoms with Crippen LogP contribution in [0.4, 0.5) is 5.69 Å². The quantitative estimate of drug-likeness (QED) is 0.472. The van der Waals surface area contributed by atoms with Gasteiger partial charge in [-0.25, -0.2) is 0 Å². The van der Waals surface area contributed by atoms with Crippen LogP contribution in [0.2, 0.25) is 15.1 Å². The summed E-state index contributed by atoms with van der Waals surface area (Å²) in [5.41, 5.74) is 2.30. The molecule has 0 saturated carbocycles. The van der Waals surface area contributed by atoms with Gasteiger partial charge in [0, 0.05) is 0 Å². The van der Waals surface area contributed by atoms with Gasteiger partial charge in [-0.3, -0.25) is 4.79 Å². The second kappa shape index (κ2) is 8.26. The summed E-state index contributed by atoms with van der Waals surface area (Å²) in [6, 6.07) is 10.7. The van der Waals surface area contributed by atoms with Gasteiger partial charge in [-0.15, -0.1) is 5.10 Å². The van der Waals surface area contributed by atoms with Crippen molar-refractivity contribution in [2.75, 3.05) is 11.1 Å². The molecule has 0 aliphatic rings. The molecule has 0 aliphatic carbocycles. The van der Waals surface area contributed by atoms with Crippen LogP contribution in [0.1, 0.15) is 5.56 Å². The van der Waals surface area contributed by atoms with E-state index >= 15 is 0 Å². The monoisotopic (exact) mass is 427 g/mol. The number of amides is 1. The van der Waals surface area contributed by atoms with Crippen molar-refractivity contribution >= 4 is 58.2 Å². The van der Waals surface area contributed by atoms with Crippen molar-refractivity contribution < 1.29 is 4.79 Å². The second-order valence-corrected chi connectivity index (χ2v) is 7.46. The molecular weight excluding hydrogens is 417 g/mol. The van der Waals surface area contributed by atoms with E-state index in [0.29, 0.717) is 25.9 Å². The van der Waals surface area contributed by atoms with Crippen molar-refractivity contribution in [2.45, 2.75) is 12.1 Å². The van der Waals surface area contributed by atoms with E-state index in [2.05, 4.69) is 20.8 Å². The van der Waals surface area contributed by atoms with Gasteiger partial charge in [0.15, 0.2) is 0 Å². The Morgan fingerprint density at radius 2 is 1.92 bits per heavy atom. The molecule has 0 fully saturated rings. The average Bonchev–Trinajstić information content (AvgIpc) is 3.06. The van der Waals surface area contributed by atoms with Crippen molar-refractivity contribution in [3.63, 3.8) is 0 Å². The van der Waals surface area contributed by atoms with E-state index in [4.69, 9.17) is 34.8 Å². The van der Waals surface area contributed by atoms with E-state index in [0.717, 1.165) is 11.3 Å². The van der Waals surface area contributed by atoms with E-state index in [1.165, 1.54) is 23.9 Å². The largest absolute Gasteiger partial charge is 0.324 e. The zero-order valence-corrected chi connectivity index (χ0v) is 16.5. The Hall–Kier alpha value is -1.80. The van der Waals surface area contributed by atoms with Crippen LogP contribution in [-0.4, -0.2) is 31.9 Å². The highest BCUT2D eigenvalue weighted by molar-refractivity contribution is 7.99. The first-order valence-corrected chi connectivity index (χ1v) is 9.48. The molecule has 134 valence electrons. The summed E-state index contributed by atoms with van der Waals surface area (Å²) < 4.78 is 1.58. The van der Waals surface area contributed by atoms with Crippen molar-refractivity contribution in [3.05, 3.63) is 57.0 Å². The highest BCUT2D eigenvalue weighted by atomic mass is 35.5. The van der Waals surface area contributed by atoms with Crippen molar-refractivity contribution in [2.24, 2.45) is 0 Å². The first-order chi connectivity index (χ1) is 12.4. The van der Waals surface area contributed by atoms with Gasteiger partial charge < -0.3 is 5.32 Å². The maximum atomic E-state index is 12.2. The van der Waals surface area contributed by atoms with Crippen LogP contribution < -0.4 is 5.32 Å². The number of hydrogen-bond acceptors (Lipinski definition) is 5. The summed E-state index contributed by atoms with van der Waals surface area (Å²) in [5.74, 6) is -0.169. The zero-order chi connectivity index (χ0) is 18.7. The van der Waals surface area contributed by atoms with Crippen molar-refractivity contribution in [1.29, 1.82) is 0 Å². The Kier molecular flexibility index (Phi) is 6.03. The number of carbonyl (C=O) groups excluding carboxylic acids is 1. The summed E-state index contributed by atoms with van der Waals surface area (Å²) in [4.78, 5) is 12.2. The van der Waals surface area contributed by atoms with Gasteiger partial charge in [0.05, 0.1) is 32.2 Å². The smallest absolute Gasteiger partial charge is 0.234 e. The fourth-order valence-corrected chi connectivity index (χ4v) is 3.41. The lowest BCUT2D eigenvalue weighted by atomic mass is 10.2. The number of aryl methyl sites for hydroxylation is 1. The Morgan fingerprint density at radius 3 is 2.69 bits per heavy atom. The van der Waals surface area contributed by atoms with Gasteiger partial charge in [-0.05, 0) is 47.2 Å². The maximum absolute atomic E-state index is 12.2. The van der Waals surface area contributed by atoms with Gasteiger partial charge in [0.25, 0.3) is 0 Å². The molecule has 2 aromatic carbocycles. The lowest BCUT2D eigenvalue weighted by Gasteiger charge is -2.09. The van der Waals surface area contributed by atoms with Crippen LogP contribution in [0.15, 0.2) is 41.6 Å². The number of rotatable bonds is 5. The average molecular weight is 429 g/mol. The molecule has 1 heterocycles. The molecule has 0 unspecified atom stereocenters. The molecule has 0 atom stereocenters. The fraction of sp³-hybridized carbons (Fsp3) is 0.125. The first kappa shape index (κ1) is 19.0. The fourth-order valence-electron chi connectivity index (χ4n) is 2.13. The molecule has 0 aliphatic heterocycles. The molecule has 3 rings (SSSR count). The van der Waals surface area contributed by atoms with Crippen molar-refractivity contribution in [1.82, 2.24) is 20.2 Å². The Balaban J connectivity index is 1.68. The minimum absolute atomic E-state index is 0.1000. The minimum atomic E-state index is -0.269. The minimum Gasteiger partial charge on any atom is -0.324 e. The Bertz CT molecular complexity index is 963. The predicted octanol–water partition coefficient (Wildman–Crippen LogP) is 4.66. The standard InChI is InChI=1S/C16H12Cl3N5OS/c1-9-3-2-4-10(5-9)24-16(21-22-23-24)26-8-15(25)20-14-7-12(18)11(17)6-13(14)19/h2-7H,8H2,1H3,(H,20,25). The van der Waals surface area contributed by atoms with E-state index < -0.39 is 0 Å². The summed E-state index contributed by atoms with van der Waals surface area (Å²) in [5, 5.41) is 15.8. The molecule has 6 nitrogen and oxygen atoms in total. The van der Waals surface area contributed by atoms with E-state index in [9.17, 15) is 4.79 Å². The number of carbonyl (C=O) groups is 1. The van der Waals surface area contributed by atoms with Gasteiger partial charge in [-0.2, -0.15) is 4.68 Å². The number of thioether (sulfide) groups is 1. The summed E-state index contributed by atoms with van der Waals surface area (Å²) in [6.45, 7) is 1.98. The summed E-state index contributed by atoms with van der Waals surface area (Å²) in [7, 11) is 0. The van der Waals surface area contributed by atoms with Crippen LogP contribution in [-0.2, 0) is 4.79 Å². The topological polar surface area (TPSA) is 72.7 Å². The maximum Gasteiger partial charge on any atom is 0.234 e. The molecule has 0 spiro atoms. The Morgan fingerprint density at radius 1 is 1.15 bits per heavy atom. The van der Waals surface area contributed by atoms with Crippen LogP contribution in [0.3, 0.4) is 0 Å². The number of anilines is 1. The predicted molar refractivity (Wildman–Crippen MR) is 105 cm³/mol. The summed E-state index contributed by atoms with van der Waals surface area (Å²) >= 11 is 19.1. The van der Waals surface area contributed by atoms with Crippen LogP contribution in [0.25, 0.3) is 5.69 Å². The number of halogens is 3. The van der Waals surface area contributed by atoms with E-state index in [-0.39, 0.29) is 11.7 Å². The number of aromatic nitrogens is 4. The number of nitrogens with one attached hydrogen (secondary N) is 1. The summed E-state index contributed by atoms with van der Waals surface area (Å²) in [6.07, 6.45) is 0. The van der Waals surface area contributed by atoms with Crippen LogP contribution >= 0.6 is 46.6 Å². The normalized spacial score (nSPS) is 10.8. The third-order valence-corrected chi connectivity index (χ3v) is 5.26. The van der Waals surface area contributed by atoms with E-state index in [1.54, 1.807) is 4.68 Å². The molecule has 10 heteroatoms. The number of nitrogens with zero attached hydrogens (tertiary/aromatic N) is 4. The van der Waals surface area contributed by atoms with Crippen LogP contribution in [0, 0.1) is 6.92 Å². The molecule has 1 amide bonds.